The second kappa shape index (κ2) is 6.93. The molecular formula is C21H26F2N4O2. The Labute approximate surface area is 168 Å². The highest BCUT2D eigenvalue weighted by Gasteiger charge is 2.59. The lowest BCUT2D eigenvalue weighted by molar-refractivity contribution is -0.0858. The smallest absolute Gasteiger partial charge is 0.387 e. The molecule has 2 aromatic heterocycles. The molecule has 1 saturated heterocycles. The van der Waals surface area contributed by atoms with Crippen molar-refractivity contribution in [1.29, 1.82) is 0 Å². The van der Waals surface area contributed by atoms with Gasteiger partial charge in [0, 0.05) is 36.0 Å². The van der Waals surface area contributed by atoms with E-state index in [0.717, 1.165) is 6.61 Å². The molecule has 5 atom stereocenters. The van der Waals surface area contributed by atoms with E-state index >= 15 is 0 Å². The number of fused-ring (bicyclic) bond motifs is 1. The second-order valence-electron chi connectivity index (χ2n) is 8.76. The Morgan fingerprint density at radius 1 is 1.24 bits per heavy atom. The molecule has 2 aromatic rings. The van der Waals surface area contributed by atoms with E-state index in [-0.39, 0.29) is 17.6 Å². The van der Waals surface area contributed by atoms with Gasteiger partial charge in [-0.2, -0.15) is 13.9 Å². The Balaban J connectivity index is 1.40. The van der Waals surface area contributed by atoms with Gasteiger partial charge in [0.05, 0.1) is 11.8 Å². The van der Waals surface area contributed by atoms with Gasteiger partial charge in [-0.1, -0.05) is 0 Å². The molecular weight excluding hydrogens is 378 g/mol. The average molecular weight is 404 g/mol. The number of nitrogen functional groups attached to an aromatic ring is 1. The van der Waals surface area contributed by atoms with Crippen molar-refractivity contribution in [2.75, 3.05) is 12.3 Å². The Hall–Kier alpha value is -2.22. The summed E-state index contributed by atoms with van der Waals surface area (Å²) in [6.45, 7) is 2.18. The molecule has 3 aliphatic rings. The Bertz CT molecular complexity index is 900. The zero-order valence-electron chi connectivity index (χ0n) is 16.6. The van der Waals surface area contributed by atoms with Crippen LogP contribution in [0.5, 0.6) is 5.75 Å². The molecule has 1 aliphatic heterocycles. The summed E-state index contributed by atoms with van der Waals surface area (Å²) in [7, 11) is 0. The molecule has 0 amide bonds. The predicted octanol–water partition coefficient (Wildman–Crippen LogP) is 4.24. The molecule has 0 radical (unpaired) electrons. The van der Waals surface area contributed by atoms with Gasteiger partial charge < -0.3 is 15.2 Å². The van der Waals surface area contributed by atoms with Crippen LogP contribution in [0, 0.1) is 17.8 Å². The molecule has 3 fully saturated rings. The monoisotopic (exact) mass is 404 g/mol. The SMILES string of the molecule is CC(C)n1nc(-c2cnc(N)c(OC(F)F)c2)cc1C1[C@H]2CC(C3CCO3)C[C@@H]12. The summed E-state index contributed by atoms with van der Waals surface area (Å²) in [6, 6.07) is 3.78. The van der Waals surface area contributed by atoms with Crippen LogP contribution in [0.2, 0.25) is 0 Å². The largest absolute Gasteiger partial charge is 0.431 e. The van der Waals surface area contributed by atoms with Gasteiger partial charge in [-0.15, -0.1) is 0 Å². The van der Waals surface area contributed by atoms with Crippen molar-refractivity contribution < 1.29 is 18.3 Å². The van der Waals surface area contributed by atoms with Crippen molar-refractivity contribution in [3.05, 3.63) is 24.0 Å². The van der Waals surface area contributed by atoms with Gasteiger partial charge in [-0.05, 0) is 63.0 Å². The van der Waals surface area contributed by atoms with Crippen molar-refractivity contribution in [2.45, 2.75) is 57.8 Å². The number of hydrogen-bond donors (Lipinski definition) is 1. The van der Waals surface area contributed by atoms with Crippen molar-refractivity contribution >= 4 is 5.82 Å². The topological polar surface area (TPSA) is 75.2 Å². The van der Waals surface area contributed by atoms with Gasteiger partial charge in [0.15, 0.2) is 11.6 Å². The highest BCUT2D eigenvalue weighted by atomic mass is 19.3. The second-order valence-corrected chi connectivity index (χ2v) is 8.76. The summed E-state index contributed by atoms with van der Waals surface area (Å²) < 4.78 is 37.5. The zero-order valence-corrected chi connectivity index (χ0v) is 16.6. The number of nitrogens with two attached hydrogens (primary N) is 1. The van der Waals surface area contributed by atoms with Crippen molar-refractivity contribution in [3.63, 3.8) is 0 Å². The van der Waals surface area contributed by atoms with Gasteiger partial charge in [-0.25, -0.2) is 4.98 Å². The third-order valence-electron chi connectivity index (χ3n) is 6.73. The van der Waals surface area contributed by atoms with E-state index in [9.17, 15) is 8.78 Å². The van der Waals surface area contributed by atoms with Gasteiger partial charge in [0.1, 0.15) is 0 Å². The van der Waals surface area contributed by atoms with Crippen LogP contribution in [0.3, 0.4) is 0 Å². The maximum Gasteiger partial charge on any atom is 0.387 e. The maximum atomic E-state index is 12.6. The third kappa shape index (κ3) is 3.27. The van der Waals surface area contributed by atoms with Crippen molar-refractivity contribution in [2.24, 2.45) is 17.8 Å². The fraction of sp³-hybridized carbons (Fsp3) is 0.619. The molecule has 2 saturated carbocycles. The van der Waals surface area contributed by atoms with Crippen LogP contribution >= 0.6 is 0 Å². The molecule has 6 nitrogen and oxygen atoms in total. The van der Waals surface area contributed by atoms with E-state index in [1.165, 1.54) is 31.0 Å². The molecule has 0 aromatic carbocycles. The molecule has 2 N–H and O–H groups in total. The third-order valence-corrected chi connectivity index (χ3v) is 6.73. The van der Waals surface area contributed by atoms with E-state index in [1.54, 1.807) is 6.20 Å². The van der Waals surface area contributed by atoms with Crippen molar-refractivity contribution in [1.82, 2.24) is 14.8 Å². The van der Waals surface area contributed by atoms with Crippen LogP contribution in [0.4, 0.5) is 14.6 Å². The number of aromatic nitrogens is 3. The van der Waals surface area contributed by atoms with Crippen LogP contribution in [0.15, 0.2) is 18.3 Å². The first-order valence-electron chi connectivity index (χ1n) is 10.3. The van der Waals surface area contributed by atoms with Gasteiger partial charge >= 0.3 is 6.61 Å². The number of nitrogens with zero attached hydrogens (tertiary/aromatic N) is 3. The van der Waals surface area contributed by atoms with E-state index in [1.807, 2.05) is 0 Å². The molecule has 3 heterocycles. The number of pyridine rings is 1. The standard InChI is InChI=1S/C21H26F2N4O2/c1-10(2)27-16(19-13-5-11(6-14(13)19)17-3-4-28-17)8-15(26-27)12-7-18(29-21(22)23)20(24)25-9-12/h7-11,13-14,17,19,21H,3-6H2,1-2H3,(H2,24,25)/t11?,13-,14+,17?,19?. The Morgan fingerprint density at radius 3 is 2.55 bits per heavy atom. The Kier molecular flexibility index (Phi) is 4.49. The molecule has 2 aliphatic carbocycles. The van der Waals surface area contributed by atoms with Gasteiger partial charge in [0.25, 0.3) is 0 Å². The fourth-order valence-electron chi connectivity index (χ4n) is 5.25. The lowest BCUT2D eigenvalue weighted by Crippen LogP contribution is -2.34. The molecule has 0 bridgehead atoms. The van der Waals surface area contributed by atoms with Crippen LogP contribution in [0.1, 0.15) is 50.8 Å². The molecule has 156 valence electrons. The summed E-state index contributed by atoms with van der Waals surface area (Å²) in [5.74, 6) is 2.46. The highest BCUT2D eigenvalue weighted by molar-refractivity contribution is 5.64. The van der Waals surface area contributed by atoms with E-state index < -0.39 is 6.61 Å². The lowest BCUT2D eigenvalue weighted by atomic mass is 9.89. The zero-order chi connectivity index (χ0) is 20.3. The first-order valence-corrected chi connectivity index (χ1v) is 10.3. The summed E-state index contributed by atoms with van der Waals surface area (Å²) in [5, 5.41) is 4.77. The maximum absolute atomic E-state index is 12.6. The normalized spacial score (nSPS) is 30.5. The fourth-order valence-corrected chi connectivity index (χ4v) is 5.25. The van der Waals surface area contributed by atoms with Crippen molar-refractivity contribution in [3.8, 4) is 17.0 Å². The lowest BCUT2D eigenvalue weighted by Gasteiger charge is -2.33. The summed E-state index contributed by atoms with van der Waals surface area (Å²) in [5.41, 5.74) is 8.23. The molecule has 3 unspecified atom stereocenters. The Morgan fingerprint density at radius 2 is 1.97 bits per heavy atom. The summed E-state index contributed by atoms with van der Waals surface area (Å²) in [4.78, 5) is 4.01. The van der Waals surface area contributed by atoms with E-state index in [2.05, 4.69) is 34.3 Å². The van der Waals surface area contributed by atoms with Crippen LogP contribution < -0.4 is 10.5 Å². The summed E-state index contributed by atoms with van der Waals surface area (Å²) in [6.07, 6.45) is 5.70. The summed E-state index contributed by atoms with van der Waals surface area (Å²) >= 11 is 0. The van der Waals surface area contributed by atoms with E-state index in [4.69, 9.17) is 15.6 Å². The van der Waals surface area contributed by atoms with Crippen LogP contribution in [-0.4, -0.2) is 34.1 Å². The van der Waals surface area contributed by atoms with E-state index in [0.29, 0.717) is 41.0 Å². The minimum atomic E-state index is -2.95. The first-order chi connectivity index (χ1) is 13.9. The first kappa shape index (κ1) is 18.8. The molecule has 29 heavy (non-hydrogen) atoms. The number of hydrogen-bond acceptors (Lipinski definition) is 5. The number of ether oxygens (including phenoxy) is 2. The van der Waals surface area contributed by atoms with Gasteiger partial charge in [0.2, 0.25) is 0 Å². The molecule has 0 spiro atoms. The molecule has 5 rings (SSSR count). The predicted molar refractivity (Wildman–Crippen MR) is 104 cm³/mol. The number of halogens is 2. The van der Waals surface area contributed by atoms with Crippen LogP contribution in [-0.2, 0) is 4.74 Å². The average Bonchev–Trinajstić information content (AvgIpc) is 2.96. The quantitative estimate of drug-likeness (QED) is 0.780. The number of anilines is 1. The minimum absolute atomic E-state index is 0.0569. The minimum Gasteiger partial charge on any atom is -0.431 e. The van der Waals surface area contributed by atoms with Crippen LogP contribution in [0.25, 0.3) is 11.3 Å². The van der Waals surface area contributed by atoms with Gasteiger partial charge in [-0.3, -0.25) is 4.68 Å². The number of rotatable bonds is 6. The number of alkyl halides is 2. The molecule has 8 heteroatoms. The highest BCUT2D eigenvalue weighted by Crippen LogP contribution is 2.66.